The van der Waals surface area contributed by atoms with Crippen LogP contribution in [-0.4, -0.2) is 27.0 Å². The number of halogens is 3. The maximum Gasteiger partial charge on any atom is 0.416 e. The highest BCUT2D eigenvalue weighted by Crippen LogP contribution is 2.32. The van der Waals surface area contributed by atoms with Crippen LogP contribution in [0.4, 0.5) is 24.7 Å². The maximum atomic E-state index is 12.9. The number of hydrogen-bond acceptors (Lipinski definition) is 5. The molecule has 0 radical (unpaired) electrons. The van der Waals surface area contributed by atoms with Crippen molar-refractivity contribution in [3.8, 4) is 11.1 Å². The zero-order chi connectivity index (χ0) is 24.0. The minimum absolute atomic E-state index is 0.161. The van der Waals surface area contributed by atoms with Crippen LogP contribution < -0.4 is 10.6 Å². The number of alkyl halides is 3. The number of nitrogens with one attached hydrogen (secondary N) is 3. The second kappa shape index (κ2) is 10.2. The van der Waals surface area contributed by atoms with E-state index in [2.05, 4.69) is 40.8 Å². The normalized spacial score (nSPS) is 11.2. The van der Waals surface area contributed by atoms with Crippen LogP contribution in [0, 0.1) is 5.41 Å². The van der Waals surface area contributed by atoms with Gasteiger partial charge in [0.25, 0.3) is 0 Å². The molecule has 0 spiro atoms. The van der Waals surface area contributed by atoms with E-state index >= 15 is 0 Å². The van der Waals surface area contributed by atoms with Crippen LogP contribution in [-0.2, 0) is 12.7 Å². The van der Waals surface area contributed by atoms with E-state index in [1.165, 1.54) is 12.1 Å². The Morgan fingerprint density at radius 1 is 1.21 bits per heavy atom. The van der Waals surface area contributed by atoms with Gasteiger partial charge in [0.15, 0.2) is 0 Å². The van der Waals surface area contributed by atoms with E-state index in [9.17, 15) is 13.2 Å². The second-order valence-corrected chi connectivity index (χ2v) is 7.34. The van der Waals surface area contributed by atoms with Crippen molar-refractivity contribution in [3.05, 3.63) is 85.0 Å². The van der Waals surface area contributed by atoms with Crippen LogP contribution >= 0.6 is 0 Å². The summed E-state index contributed by atoms with van der Waals surface area (Å²) < 4.78 is 40.5. The molecule has 0 fully saturated rings. The van der Waals surface area contributed by atoms with Crippen molar-refractivity contribution < 1.29 is 13.2 Å². The smallest absolute Gasteiger partial charge is 0.380 e. The Balaban J connectivity index is 2.00. The van der Waals surface area contributed by atoms with E-state index in [1.807, 2.05) is 10.9 Å². The molecule has 0 aliphatic carbocycles. The third-order valence-electron chi connectivity index (χ3n) is 4.86. The Bertz CT molecular complexity index is 1150. The van der Waals surface area contributed by atoms with Crippen LogP contribution in [0.1, 0.15) is 24.5 Å². The van der Waals surface area contributed by atoms with Crippen molar-refractivity contribution in [2.75, 3.05) is 11.9 Å². The fraction of sp³-hybridized carbons (Fsp3) is 0.208. The minimum Gasteiger partial charge on any atom is -0.380 e. The summed E-state index contributed by atoms with van der Waals surface area (Å²) in [6, 6.07) is 6.46. The van der Waals surface area contributed by atoms with Crippen molar-refractivity contribution in [2.45, 2.75) is 26.1 Å². The number of rotatable bonds is 10. The molecular weight excluding hydrogens is 429 g/mol. The van der Waals surface area contributed by atoms with Crippen molar-refractivity contribution in [3.63, 3.8) is 0 Å². The summed E-state index contributed by atoms with van der Waals surface area (Å²) in [5.41, 5.74) is 2.53. The first-order valence-corrected chi connectivity index (χ1v) is 10.3. The molecule has 2 aromatic heterocycles. The van der Waals surface area contributed by atoms with Crippen LogP contribution in [0.15, 0.2) is 73.9 Å². The number of benzene rings is 1. The first kappa shape index (κ1) is 23.8. The molecule has 9 heteroatoms. The Hall–Kier alpha value is -3.88. The summed E-state index contributed by atoms with van der Waals surface area (Å²) in [6.07, 6.45) is 3.27. The van der Waals surface area contributed by atoms with Gasteiger partial charge < -0.3 is 16.0 Å². The maximum absolute atomic E-state index is 12.9. The predicted octanol–water partition coefficient (Wildman–Crippen LogP) is 5.77. The van der Waals surface area contributed by atoms with Gasteiger partial charge in [0.05, 0.1) is 24.0 Å². The zero-order valence-electron chi connectivity index (χ0n) is 18.2. The molecule has 0 aliphatic rings. The van der Waals surface area contributed by atoms with Gasteiger partial charge in [-0.25, -0.2) is 4.98 Å². The van der Waals surface area contributed by atoms with Gasteiger partial charge >= 0.3 is 6.18 Å². The van der Waals surface area contributed by atoms with Gasteiger partial charge in [-0.2, -0.15) is 18.3 Å². The largest absolute Gasteiger partial charge is 0.416 e. The highest BCUT2D eigenvalue weighted by Gasteiger charge is 2.30. The molecule has 2 heterocycles. The summed E-state index contributed by atoms with van der Waals surface area (Å²) in [6.45, 7) is 10.4. The molecule has 0 aliphatic heterocycles. The SMILES string of the molecule is C=CC(=C)NCC(=N)c1c(-c2cnn(CCC)c2)ccnc1Nc1ccc(C(F)(F)F)cc1. The molecule has 3 N–H and O–H groups in total. The Morgan fingerprint density at radius 2 is 1.94 bits per heavy atom. The van der Waals surface area contributed by atoms with Crippen molar-refractivity contribution in [1.29, 1.82) is 5.41 Å². The molecule has 33 heavy (non-hydrogen) atoms. The molecule has 6 nitrogen and oxygen atoms in total. The van der Waals surface area contributed by atoms with Gasteiger partial charge in [0.1, 0.15) is 5.82 Å². The number of aromatic nitrogens is 3. The van der Waals surface area contributed by atoms with Gasteiger partial charge in [0, 0.05) is 41.4 Å². The first-order chi connectivity index (χ1) is 15.7. The third-order valence-corrected chi connectivity index (χ3v) is 4.86. The molecule has 0 saturated heterocycles. The van der Waals surface area contributed by atoms with Crippen LogP contribution in [0.25, 0.3) is 11.1 Å². The lowest BCUT2D eigenvalue weighted by Gasteiger charge is -2.17. The predicted molar refractivity (Wildman–Crippen MR) is 125 cm³/mol. The zero-order valence-corrected chi connectivity index (χ0v) is 18.2. The molecule has 0 bridgehead atoms. The summed E-state index contributed by atoms with van der Waals surface area (Å²) in [5, 5.41) is 19.1. The number of allylic oxidation sites excluding steroid dienone is 1. The molecule has 3 rings (SSSR count). The highest BCUT2D eigenvalue weighted by atomic mass is 19.4. The molecular formula is C24H25F3N6. The van der Waals surface area contributed by atoms with E-state index in [4.69, 9.17) is 5.41 Å². The average molecular weight is 455 g/mol. The lowest BCUT2D eigenvalue weighted by molar-refractivity contribution is -0.137. The third kappa shape index (κ3) is 5.88. The van der Waals surface area contributed by atoms with E-state index in [-0.39, 0.29) is 12.3 Å². The topological polar surface area (TPSA) is 78.6 Å². The summed E-state index contributed by atoms with van der Waals surface area (Å²) in [5.74, 6) is 0.353. The average Bonchev–Trinajstić information content (AvgIpc) is 3.25. The second-order valence-electron chi connectivity index (χ2n) is 7.34. The molecule has 3 aromatic rings. The van der Waals surface area contributed by atoms with Crippen LogP contribution in [0.3, 0.4) is 0 Å². The van der Waals surface area contributed by atoms with Crippen molar-refractivity contribution in [1.82, 2.24) is 20.1 Å². The highest BCUT2D eigenvalue weighted by molar-refractivity contribution is 6.09. The molecule has 1 aromatic carbocycles. The fourth-order valence-electron chi connectivity index (χ4n) is 3.20. The summed E-state index contributed by atoms with van der Waals surface area (Å²) >= 11 is 0. The summed E-state index contributed by atoms with van der Waals surface area (Å²) in [7, 11) is 0. The number of anilines is 2. The van der Waals surface area contributed by atoms with E-state index in [0.29, 0.717) is 22.8 Å². The number of nitrogens with zero attached hydrogens (tertiary/aromatic N) is 3. The molecule has 0 atom stereocenters. The first-order valence-electron chi connectivity index (χ1n) is 10.3. The van der Waals surface area contributed by atoms with E-state index < -0.39 is 11.7 Å². The van der Waals surface area contributed by atoms with Crippen LogP contribution in [0.5, 0.6) is 0 Å². The Labute approximate surface area is 190 Å². The van der Waals surface area contributed by atoms with Gasteiger partial charge in [-0.1, -0.05) is 20.1 Å². The number of pyridine rings is 1. The van der Waals surface area contributed by atoms with Crippen molar-refractivity contribution >= 4 is 17.2 Å². The molecule has 0 saturated carbocycles. The van der Waals surface area contributed by atoms with E-state index in [0.717, 1.165) is 36.2 Å². The number of aryl methyl sites for hydroxylation is 1. The van der Waals surface area contributed by atoms with Crippen LogP contribution in [0.2, 0.25) is 0 Å². The Morgan fingerprint density at radius 3 is 2.58 bits per heavy atom. The monoisotopic (exact) mass is 454 g/mol. The quantitative estimate of drug-likeness (QED) is 0.268. The fourth-order valence-corrected chi connectivity index (χ4v) is 3.20. The lowest BCUT2D eigenvalue weighted by atomic mass is 9.99. The molecule has 0 amide bonds. The molecule has 172 valence electrons. The van der Waals surface area contributed by atoms with Gasteiger partial charge in [-0.05, 0) is 48.4 Å². The van der Waals surface area contributed by atoms with Gasteiger partial charge in [0.2, 0.25) is 0 Å². The van der Waals surface area contributed by atoms with Gasteiger partial charge in [-0.3, -0.25) is 4.68 Å². The van der Waals surface area contributed by atoms with E-state index in [1.54, 1.807) is 24.5 Å². The Kier molecular flexibility index (Phi) is 7.32. The minimum atomic E-state index is -4.41. The van der Waals surface area contributed by atoms with Gasteiger partial charge in [-0.15, -0.1) is 0 Å². The molecule has 0 unspecified atom stereocenters. The van der Waals surface area contributed by atoms with Crippen molar-refractivity contribution in [2.24, 2.45) is 0 Å². The number of hydrogen-bond donors (Lipinski definition) is 3. The lowest BCUT2D eigenvalue weighted by Crippen LogP contribution is -2.23. The summed E-state index contributed by atoms with van der Waals surface area (Å²) in [4.78, 5) is 4.37. The standard InChI is InChI=1S/C24H25F3N6/c1-4-12-33-15-17(13-31-33)20-10-11-29-23(22(20)21(28)14-30-16(3)5-2)32-19-8-6-18(7-9-19)24(25,26)27/h5-11,13,15,28,30H,2-4,12,14H2,1H3,(H,29,32).